The van der Waals surface area contributed by atoms with E-state index < -0.39 is 19.2 Å². The molecule has 0 bridgehead atoms. The Kier molecular flexibility index (Phi) is 3.97. The van der Waals surface area contributed by atoms with Crippen molar-refractivity contribution in [3.05, 3.63) is 29.3 Å². The third-order valence-electron chi connectivity index (χ3n) is 3.03. The lowest BCUT2D eigenvalue weighted by atomic mass is 9.90. The summed E-state index contributed by atoms with van der Waals surface area (Å²) in [4.78, 5) is 0. The summed E-state index contributed by atoms with van der Waals surface area (Å²) in [7, 11) is 0. The van der Waals surface area contributed by atoms with Crippen molar-refractivity contribution >= 4 is 5.71 Å². The fourth-order valence-electron chi connectivity index (χ4n) is 2.10. The third-order valence-corrected chi connectivity index (χ3v) is 3.03. The van der Waals surface area contributed by atoms with Crippen molar-refractivity contribution in [2.24, 2.45) is 5.16 Å². The van der Waals surface area contributed by atoms with Gasteiger partial charge in [0.15, 0.2) is 0 Å². The van der Waals surface area contributed by atoms with Crippen LogP contribution in [0.4, 0.5) is 13.2 Å². The first-order chi connectivity index (χ1) is 8.99. The average Bonchev–Trinajstić information content (AvgIpc) is 2.36. The van der Waals surface area contributed by atoms with Crippen LogP contribution in [0.3, 0.4) is 0 Å². The minimum absolute atomic E-state index is 0.367. The summed E-state index contributed by atoms with van der Waals surface area (Å²) in [6.45, 7) is -0.409. The van der Waals surface area contributed by atoms with Crippen molar-refractivity contribution < 1.29 is 23.1 Å². The van der Waals surface area contributed by atoms with Gasteiger partial charge in [-0.2, -0.15) is 13.2 Å². The second-order valence-electron chi connectivity index (χ2n) is 4.43. The van der Waals surface area contributed by atoms with Gasteiger partial charge in [0.2, 0.25) is 0 Å². The maximum atomic E-state index is 12.0. The van der Waals surface area contributed by atoms with E-state index in [4.69, 9.17) is 9.94 Å². The second-order valence-corrected chi connectivity index (χ2v) is 4.43. The van der Waals surface area contributed by atoms with E-state index in [1.54, 1.807) is 12.1 Å². The largest absolute Gasteiger partial charge is 0.493 e. The van der Waals surface area contributed by atoms with E-state index in [0.29, 0.717) is 17.9 Å². The molecule has 3 nitrogen and oxygen atoms in total. The SMILES string of the molecule is O/N=C1/CCCc2ccc(OCCC(F)(F)F)cc21. The van der Waals surface area contributed by atoms with Gasteiger partial charge in [0.05, 0.1) is 18.7 Å². The number of fused-ring (bicyclic) bond motifs is 1. The van der Waals surface area contributed by atoms with Crippen LogP contribution in [0.5, 0.6) is 5.75 Å². The molecule has 1 aromatic carbocycles. The normalized spacial score (nSPS) is 17.3. The Morgan fingerprint density at radius 2 is 2.05 bits per heavy atom. The van der Waals surface area contributed by atoms with Crippen molar-refractivity contribution in [2.45, 2.75) is 31.9 Å². The Balaban J connectivity index is 2.08. The third kappa shape index (κ3) is 3.62. The zero-order valence-corrected chi connectivity index (χ0v) is 10.2. The zero-order chi connectivity index (χ0) is 13.9. The van der Waals surface area contributed by atoms with E-state index in [1.165, 1.54) is 0 Å². The van der Waals surface area contributed by atoms with Crippen molar-refractivity contribution in [1.82, 2.24) is 0 Å². The maximum Gasteiger partial charge on any atom is 0.392 e. The van der Waals surface area contributed by atoms with Crippen LogP contribution < -0.4 is 4.74 Å². The van der Waals surface area contributed by atoms with Gasteiger partial charge >= 0.3 is 6.18 Å². The van der Waals surface area contributed by atoms with Crippen molar-refractivity contribution in [3.63, 3.8) is 0 Å². The molecule has 0 amide bonds. The molecule has 104 valence electrons. The van der Waals surface area contributed by atoms with Crippen LogP contribution in [0.15, 0.2) is 23.4 Å². The van der Waals surface area contributed by atoms with Gasteiger partial charge in [0.25, 0.3) is 0 Å². The first-order valence-electron chi connectivity index (χ1n) is 6.03. The standard InChI is InChI=1S/C13H14F3NO2/c14-13(15,16)6-7-19-10-5-4-9-2-1-3-12(17-18)11(9)8-10/h4-5,8,18H,1-3,6-7H2/b17-12-. The Labute approximate surface area is 108 Å². The summed E-state index contributed by atoms with van der Waals surface area (Å²) < 4.78 is 41.1. The van der Waals surface area contributed by atoms with E-state index >= 15 is 0 Å². The predicted octanol–water partition coefficient (Wildman–Crippen LogP) is 3.53. The van der Waals surface area contributed by atoms with Crippen LogP contribution in [0.25, 0.3) is 0 Å². The quantitative estimate of drug-likeness (QED) is 0.676. The van der Waals surface area contributed by atoms with Gasteiger partial charge in [0.1, 0.15) is 5.75 Å². The van der Waals surface area contributed by atoms with Gasteiger partial charge in [-0.05, 0) is 37.0 Å². The summed E-state index contributed by atoms with van der Waals surface area (Å²) in [5.74, 6) is 0.367. The second kappa shape index (κ2) is 5.50. The number of rotatable bonds is 3. The molecule has 0 saturated heterocycles. The number of benzene rings is 1. The highest BCUT2D eigenvalue weighted by molar-refractivity contribution is 6.02. The fourth-order valence-corrected chi connectivity index (χ4v) is 2.10. The van der Waals surface area contributed by atoms with Crippen molar-refractivity contribution in [2.75, 3.05) is 6.61 Å². The molecule has 1 N–H and O–H groups in total. The van der Waals surface area contributed by atoms with Gasteiger partial charge < -0.3 is 9.94 Å². The lowest BCUT2D eigenvalue weighted by Crippen LogP contribution is -2.14. The smallest absolute Gasteiger partial charge is 0.392 e. The van der Waals surface area contributed by atoms with Crippen molar-refractivity contribution in [3.8, 4) is 5.75 Å². The molecule has 1 aliphatic rings. The minimum atomic E-state index is -4.22. The summed E-state index contributed by atoms with van der Waals surface area (Å²) in [6.07, 6.45) is -2.76. The molecular formula is C13H14F3NO2. The number of hydrogen-bond acceptors (Lipinski definition) is 3. The van der Waals surface area contributed by atoms with Crippen LogP contribution in [0.1, 0.15) is 30.4 Å². The first-order valence-corrected chi connectivity index (χ1v) is 6.03. The number of halogens is 3. The molecule has 0 spiro atoms. The Morgan fingerprint density at radius 3 is 2.74 bits per heavy atom. The highest BCUT2D eigenvalue weighted by atomic mass is 19.4. The van der Waals surface area contributed by atoms with Crippen molar-refractivity contribution in [1.29, 1.82) is 0 Å². The molecule has 0 aliphatic heterocycles. The van der Waals surface area contributed by atoms with E-state index in [-0.39, 0.29) is 0 Å². The molecule has 0 aromatic heterocycles. The van der Waals surface area contributed by atoms with E-state index in [0.717, 1.165) is 24.0 Å². The number of ether oxygens (including phenoxy) is 1. The molecule has 0 unspecified atom stereocenters. The number of nitrogens with zero attached hydrogens (tertiary/aromatic N) is 1. The minimum Gasteiger partial charge on any atom is -0.493 e. The number of alkyl halides is 3. The van der Waals surface area contributed by atoms with Crippen LogP contribution in [-0.2, 0) is 6.42 Å². The Bertz CT molecular complexity index is 483. The first kappa shape index (κ1) is 13.7. The van der Waals surface area contributed by atoms with Crippen LogP contribution in [0.2, 0.25) is 0 Å². The maximum absolute atomic E-state index is 12.0. The molecule has 0 saturated carbocycles. The Morgan fingerprint density at radius 1 is 1.26 bits per heavy atom. The number of oxime groups is 1. The molecule has 0 radical (unpaired) electrons. The van der Waals surface area contributed by atoms with Gasteiger partial charge in [-0.3, -0.25) is 0 Å². The number of hydrogen-bond donors (Lipinski definition) is 1. The molecule has 1 aromatic rings. The Hall–Kier alpha value is -1.72. The molecule has 6 heteroatoms. The van der Waals surface area contributed by atoms with Crippen LogP contribution in [0, 0.1) is 0 Å². The highest BCUT2D eigenvalue weighted by Crippen LogP contribution is 2.27. The molecule has 1 aliphatic carbocycles. The molecule has 2 rings (SSSR count). The molecule has 0 atom stereocenters. The van der Waals surface area contributed by atoms with E-state index in [1.807, 2.05) is 6.07 Å². The monoisotopic (exact) mass is 273 g/mol. The fraction of sp³-hybridized carbons (Fsp3) is 0.462. The molecular weight excluding hydrogens is 259 g/mol. The predicted molar refractivity (Wildman–Crippen MR) is 63.9 cm³/mol. The summed E-state index contributed by atoms with van der Waals surface area (Å²) >= 11 is 0. The number of aryl methyl sites for hydroxylation is 1. The van der Waals surface area contributed by atoms with E-state index in [9.17, 15) is 13.2 Å². The summed E-state index contributed by atoms with van der Waals surface area (Å²) in [5.41, 5.74) is 2.35. The van der Waals surface area contributed by atoms with Gasteiger partial charge in [-0.25, -0.2) is 0 Å². The molecule has 19 heavy (non-hydrogen) atoms. The van der Waals surface area contributed by atoms with Crippen LogP contribution in [-0.4, -0.2) is 23.7 Å². The van der Waals surface area contributed by atoms with Crippen LogP contribution >= 0.6 is 0 Å². The zero-order valence-electron chi connectivity index (χ0n) is 10.2. The topological polar surface area (TPSA) is 41.8 Å². The molecule has 0 heterocycles. The van der Waals surface area contributed by atoms with Gasteiger partial charge in [-0.1, -0.05) is 11.2 Å². The average molecular weight is 273 g/mol. The van der Waals surface area contributed by atoms with Gasteiger partial charge in [0, 0.05) is 5.56 Å². The van der Waals surface area contributed by atoms with E-state index in [2.05, 4.69) is 5.16 Å². The summed E-state index contributed by atoms with van der Waals surface area (Å²) in [6, 6.07) is 5.10. The summed E-state index contributed by atoms with van der Waals surface area (Å²) in [5, 5.41) is 12.1. The lowest BCUT2D eigenvalue weighted by Gasteiger charge is -2.18. The molecule has 0 fully saturated rings. The highest BCUT2D eigenvalue weighted by Gasteiger charge is 2.27. The lowest BCUT2D eigenvalue weighted by molar-refractivity contribution is -0.139. The van der Waals surface area contributed by atoms with Gasteiger partial charge in [-0.15, -0.1) is 0 Å².